The Labute approximate surface area is 198 Å². The lowest BCUT2D eigenvalue weighted by Gasteiger charge is -2.38. The minimum atomic E-state index is -1.19. The number of rotatable bonds is 8. The summed E-state index contributed by atoms with van der Waals surface area (Å²) in [5.41, 5.74) is -0.222. The quantitative estimate of drug-likeness (QED) is 0.396. The molecule has 0 atom stereocenters. The predicted octanol–water partition coefficient (Wildman–Crippen LogP) is 3.92. The fourth-order valence-corrected chi connectivity index (χ4v) is 4.21. The summed E-state index contributed by atoms with van der Waals surface area (Å²) in [7, 11) is 1.60. The Hall–Kier alpha value is -3.69. The largest absolute Gasteiger partial charge is 0.495 e. The number of nitro groups is 1. The fourth-order valence-electron chi connectivity index (χ4n) is 4.21. The van der Waals surface area contributed by atoms with Gasteiger partial charge in [-0.15, -0.1) is 0 Å². The summed E-state index contributed by atoms with van der Waals surface area (Å²) in [5.74, 6) is 0.368. The molecule has 0 unspecified atom stereocenters. The summed E-state index contributed by atoms with van der Waals surface area (Å²) in [4.78, 5) is 40.3. The van der Waals surface area contributed by atoms with Crippen molar-refractivity contribution in [1.82, 2.24) is 15.6 Å². The van der Waals surface area contributed by atoms with Crippen molar-refractivity contribution >= 4 is 23.3 Å². The molecule has 3 rings (SSSR count). The number of hydrogen-bond acceptors (Lipinski definition) is 6. The monoisotopic (exact) mass is 469 g/mol. The van der Waals surface area contributed by atoms with Gasteiger partial charge in [-0.1, -0.05) is 19.3 Å². The third-order valence-electron chi connectivity index (χ3n) is 6.24. The molecule has 0 aliphatic heterocycles. The lowest BCUT2D eigenvalue weighted by atomic mass is 9.71. The number of aromatic nitrogens is 1. The highest BCUT2D eigenvalue weighted by Gasteiger charge is 2.38. The van der Waals surface area contributed by atoms with Crippen molar-refractivity contribution in [2.24, 2.45) is 0 Å². The molecule has 0 spiro atoms. The van der Waals surface area contributed by atoms with E-state index in [4.69, 9.17) is 4.74 Å². The molecule has 1 heterocycles. The molecule has 1 aromatic heterocycles. The summed E-state index contributed by atoms with van der Waals surface area (Å²) in [6, 6.07) is 8.71. The van der Waals surface area contributed by atoms with Gasteiger partial charge < -0.3 is 20.7 Å². The molecular formula is C24H31N5O5. The number of non-ortho nitro benzene ring substituents is 1. The number of nitrogens with zero attached hydrogens (tertiary/aromatic N) is 2. The zero-order valence-corrected chi connectivity index (χ0v) is 19.7. The number of amides is 3. The van der Waals surface area contributed by atoms with Crippen LogP contribution in [-0.4, -0.2) is 41.0 Å². The Morgan fingerprint density at radius 1 is 1.12 bits per heavy atom. The Bertz CT molecular complexity index is 1020. The Morgan fingerprint density at radius 2 is 1.79 bits per heavy atom. The van der Waals surface area contributed by atoms with Crippen LogP contribution in [0.4, 0.5) is 16.2 Å². The van der Waals surface area contributed by atoms with Gasteiger partial charge in [-0.05, 0) is 51.0 Å². The second kappa shape index (κ2) is 10.5. The number of anilines is 1. The molecule has 0 saturated heterocycles. The van der Waals surface area contributed by atoms with Crippen molar-refractivity contribution in [3.8, 4) is 5.75 Å². The first-order valence-electron chi connectivity index (χ1n) is 11.3. The maximum Gasteiger partial charge on any atom is 0.320 e. The van der Waals surface area contributed by atoms with Crippen LogP contribution in [0.1, 0.15) is 51.6 Å². The van der Waals surface area contributed by atoms with Gasteiger partial charge in [0.2, 0.25) is 5.91 Å². The van der Waals surface area contributed by atoms with Crippen LogP contribution in [0.15, 0.2) is 42.6 Å². The van der Waals surface area contributed by atoms with E-state index in [0.29, 0.717) is 18.0 Å². The minimum absolute atomic E-state index is 0.0753. The van der Waals surface area contributed by atoms with E-state index in [9.17, 15) is 19.7 Å². The van der Waals surface area contributed by atoms with Gasteiger partial charge in [0.15, 0.2) is 0 Å². The van der Waals surface area contributed by atoms with Crippen LogP contribution < -0.4 is 20.7 Å². The van der Waals surface area contributed by atoms with Gasteiger partial charge in [0.1, 0.15) is 11.3 Å². The SMILES string of the molecule is COc1ccc(C2(CNC(=O)C(C)(C)NC(=O)Nc3ccc([N+](=O)[O-])cc3)CCCCC2)nc1. The Morgan fingerprint density at radius 3 is 2.35 bits per heavy atom. The third-order valence-corrected chi connectivity index (χ3v) is 6.24. The summed E-state index contributed by atoms with van der Waals surface area (Å²) in [6.45, 7) is 3.66. The molecule has 1 saturated carbocycles. The van der Waals surface area contributed by atoms with Crippen LogP contribution >= 0.6 is 0 Å². The first-order chi connectivity index (χ1) is 16.1. The van der Waals surface area contributed by atoms with Gasteiger partial charge >= 0.3 is 6.03 Å². The average molecular weight is 470 g/mol. The highest BCUT2D eigenvalue weighted by atomic mass is 16.6. The van der Waals surface area contributed by atoms with Crippen LogP contribution in [0.5, 0.6) is 5.75 Å². The maximum absolute atomic E-state index is 13.0. The van der Waals surface area contributed by atoms with Crippen molar-refractivity contribution in [2.45, 2.75) is 56.9 Å². The molecule has 1 fully saturated rings. The molecule has 10 heteroatoms. The van der Waals surface area contributed by atoms with Crippen molar-refractivity contribution in [2.75, 3.05) is 19.0 Å². The first kappa shape index (κ1) is 24.9. The van der Waals surface area contributed by atoms with Crippen LogP contribution in [0.25, 0.3) is 0 Å². The van der Waals surface area contributed by atoms with E-state index in [1.165, 1.54) is 24.3 Å². The van der Waals surface area contributed by atoms with Gasteiger partial charge in [-0.3, -0.25) is 19.9 Å². The normalized spacial score (nSPS) is 15.1. The average Bonchev–Trinajstić information content (AvgIpc) is 2.83. The van der Waals surface area contributed by atoms with Gasteiger partial charge in [0.25, 0.3) is 5.69 Å². The molecule has 2 aromatic rings. The minimum Gasteiger partial charge on any atom is -0.495 e. The summed E-state index contributed by atoms with van der Waals surface area (Å²) >= 11 is 0. The van der Waals surface area contributed by atoms with Crippen molar-refractivity contribution in [3.05, 3.63) is 58.4 Å². The van der Waals surface area contributed by atoms with E-state index < -0.39 is 16.5 Å². The number of urea groups is 1. The molecule has 182 valence electrons. The number of carbonyl (C=O) groups is 2. The lowest BCUT2D eigenvalue weighted by Crippen LogP contribution is -2.57. The van der Waals surface area contributed by atoms with Gasteiger partial charge in [-0.25, -0.2) is 4.79 Å². The number of nitrogens with one attached hydrogen (secondary N) is 3. The summed E-state index contributed by atoms with van der Waals surface area (Å²) in [5, 5.41) is 19.1. The number of benzene rings is 1. The molecule has 34 heavy (non-hydrogen) atoms. The molecule has 0 radical (unpaired) electrons. The number of nitro benzene ring substituents is 1. The van der Waals surface area contributed by atoms with Crippen LogP contribution in [0.2, 0.25) is 0 Å². The van der Waals surface area contributed by atoms with E-state index >= 15 is 0 Å². The zero-order chi connectivity index (χ0) is 24.8. The van der Waals surface area contributed by atoms with Crippen molar-refractivity contribution in [3.63, 3.8) is 0 Å². The number of carbonyl (C=O) groups excluding carboxylic acids is 2. The van der Waals surface area contributed by atoms with E-state index in [0.717, 1.165) is 37.8 Å². The number of ether oxygens (including phenoxy) is 1. The molecule has 3 N–H and O–H groups in total. The topological polar surface area (TPSA) is 135 Å². The smallest absolute Gasteiger partial charge is 0.320 e. The second-order valence-corrected chi connectivity index (χ2v) is 9.12. The predicted molar refractivity (Wildman–Crippen MR) is 128 cm³/mol. The number of methoxy groups -OCH3 is 1. The second-order valence-electron chi connectivity index (χ2n) is 9.12. The van der Waals surface area contributed by atoms with E-state index in [1.807, 2.05) is 12.1 Å². The lowest BCUT2D eigenvalue weighted by molar-refractivity contribution is -0.384. The van der Waals surface area contributed by atoms with Crippen molar-refractivity contribution in [1.29, 1.82) is 0 Å². The molecule has 3 amide bonds. The first-order valence-corrected chi connectivity index (χ1v) is 11.3. The van der Waals surface area contributed by atoms with Crippen LogP contribution in [0.3, 0.4) is 0 Å². The highest BCUT2D eigenvalue weighted by Crippen LogP contribution is 2.38. The van der Waals surface area contributed by atoms with E-state index in [2.05, 4.69) is 20.9 Å². The number of hydrogen-bond donors (Lipinski definition) is 3. The van der Waals surface area contributed by atoms with Crippen molar-refractivity contribution < 1.29 is 19.2 Å². The van der Waals surface area contributed by atoms with Gasteiger partial charge in [-0.2, -0.15) is 0 Å². The van der Waals surface area contributed by atoms with Gasteiger partial charge in [0, 0.05) is 35.5 Å². The Balaban J connectivity index is 1.62. The third kappa shape index (κ3) is 6.00. The Kier molecular flexibility index (Phi) is 7.70. The summed E-state index contributed by atoms with van der Waals surface area (Å²) in [6.07, 6.45) is 6.80. The van der Waals surface area contributed by atoms with E-state index in [-0.39, 0.29) is 17.0 Å². The molecule has 1 aliphatic carbocycles. The fraction of sp³-hybridized carbons (Fsp3) is 0.458. The standard InChI is InChI=1S/C24H31N5O5/c1-23(2,28-22(31)27-17-7-9-18(10-8-17)29(32)33)21(30)26-16-24(13-5-4-6-14-24)20-12-11-19(34-3)15-25-20/h7-12,15H,4-6,13-14,16H2,1-3H3,(H,26,30)(H2,27,28,31). The van der Waals surface area contributed by atoms with Crippen LogP contribution in [0, 0.1) is 10.1 Å². The zero-order valence-electron chi connectivity index (χ0n) is 19.7. The highest BCUT2D eigenvalue weighted by molar-refractivity contribution is 5.95. The molecule has 1 aromatic carbocycles. The molecule has 0 bridgehead atoms. The summed E-state index contributed by atoms with van der Waals surface area (Å²) < 4.78 is 5.22. The molecule has 10 nitrogen and oxygen atoms in total. The molecule has 1 aliphatic rings. The van der Waals surface area contributed by atoms with E-state index in [1.54, 1.807) is 27.2 Å². The molecular weight excluding hydrogens is 438 g/mol. The maximum atomic E-state index is 13.0. The van der Waals surface area contributed by atoms with Gasteiger partial charge in [0.05, 0.1) is 18.2 Å². The number of pyridine rings is 1. The van der Waals surface area contributed by atoms with Crippen LogP contribution in [-0.2, 0) is 10.2 Å².